The van der Waals surface area contributed by atoms with Crippen LogP contribution in [0.2, 0.25) is 0 Å². The molecule has 0 bridgehead atoms. The Balaban J connectivity index is 2.17. The predicted octanol–water partition coefficient (Wildman–Crippen LogP) is 3.39. The summed E-state index contributed by atoms with van der Waals surface area (Å²) in [6.45, 7) is 5.96. The number of nitrogens with zero attached hydrogens (tertiary/aromatic N) is 2. The normalized spacial score (nSPS) is 17.4. The van der Waals surface area contributed by atoms with Gasteiger partial charge in [0.2, 0.25) is 0 Å². The number of nitrogens with two attached hydrogens (primary N) is 1. The third kappa shape index (κ3) is 3.54. The van der Waals surface area contributed by atoms with E-state index in [1.165, 1.54) is 12.1 Å². The highest BCUT2D eigenvalue weighted by atomic mass is 19.4. The molecule has 0 unspecified atom stereocenters. The quantitative estimate of drug-likeness (QED) is 0.669. The molecule has 0 radical (unpaired) electrons. The van der Waals surface area contributed by atoms with Crippen LogP contribution in [0.1, 0.15) is 37.8 Å². The van der Waals surface area contributed by atoms with Crippen LogP contribution in [0.25, 0.3) is 0 Å². The summed E-state index contributed by atoms with van der Waals surface area (Å²) in [5, 5.41) is 0. The molecule has 0 aliphatic heterocycles. The average molecular weight is 313 g/mol. The molecular formula is C16H22F3N3. The van der Waals surface area contributed by atoms with Gasteiger partial charge in [0.1, 0.15) is 0 Å². The zero-order valence-corrected chi connectivity index (χ0v) is 13.0. The van der Waals surface area contributed by atoms with Gasteiger partial charge in [-0.25, -0.2) is 0 Å². The summed E-state index contributed by atoms with van der Waals surface area (Å²) in [7, 11) is 0. The Hall–Kier alpha value is -1.72. The van der Waals surface area contributed by atoms with Crippen molar-refractivity contribution in [3.05, 3.63) is 35.4 Å². The van der Waals surface area contributed by atoms with Crippen LogP contribution in [0.5, 0.6) is 0 Å². The molecule has 6 heteroatoms. The predicted molar refractivity (Wildman–Crippen MR) is 81.8 cm³/mol. The third-order valence-corrected chi connectivity index (χ3v) is 4.29. The van der Waals surface area contributed by atoms with E-state index in [2.05, 4.69) is 4.99 Å². The van der Waals surface area contributed by atoms with Crippen LogP contribution in [0.3, 0.4) is 0 Å². The van der Waals surface area contributed by atoms with E-state index in [1.807, 2.05) is 18.7 Å². The third-order valence-electron chi connectivity index (χ3n) is 4.29. The highest BCUT2D eigenvalue weighted by Crippen LogP contribution is 2.49. The van der Waals surface area contributed by atoms with Crippen LogP contribution in [0.15, 0.2) is 29.3 Å². The molecule has 2 N–H and O–H groups in total. The van der Waals surface area contributed by atoms with Crippen LogP contribution in [0.4, 0.5) is 13.2 Å². The van der Waals surface area contributed by atoms with Gasteiger partial charge in [-0.15, -0.1) is 0 Å². The van der Waals surface area contributed by atoms with Gasteiger partial charge in [-0.05, 0) is 38.3 Å². The first-order chi connectivity index (χ1) is 10.3. The Labute approximate surface area is 129 Å². The van der Waals surface area contributed by atoms with E-state index in [-0.39, 0.29) is 5.41 Å². The highest BCUT2D eigenvalue weighted by Gasteiger charge is 2.45. The van der Waals surface area contributed by atoms with E-state index in [1.54, 1.807) is 6.07 Å². The maximum absolute atomic E-state index is 12.8. The van der Waals surface area contributed by atoms with Gasteiger partial charge in [0.15, 0.2) is 5.96 Å². The van der Waals surface area contributed by atoms with Crippen molar-refractivity contribution in [3.63, 3.8) is 0 Å². The number of alkyl halides is 3. The standard InChI is InChI=1S/C16H22F3N3/c1-3-22(4-2)14(20)21-11-15(8-9-15)12-6-5-7-13(10-12)16(17,18)19/h5-7,10H,3-4,8-9,11H2,1-2H3,(H2,20,21). The summed E-state index contributed by atoms with van der Waals surface area (Å²) in [4.78, 5) is 6.34. The van der Waals surface area contributed by atoms with Crippen molar-refractivity contribution in [1.29, 1.82) is 0 Å². The lowest BCUT2D eigenvalue weighted by Crippen LogP contribution is -2.37. The molecule has 0 spiro atoms. The van der Waals surface area contributed by atoms with Gasteiger partial charge in [0, 0.05) is 18.5 Å². The van der Waals surface area contributed by atoms with Crippen LogP contribution in [-0.4, -0.2) is 30.5 Å². The maximum atomic E-state index is 12.8. The van der Waals surface area contributed by atoms with Gasteiger partial charge in [0.05, 0.1) is 12.1 Å². The largest absolute Gasteiger partial charge is 0.416 e. The molecule has 1 aromatic rings. The smallest absolute Gasteiger partial charge is 0.370 e. The summed E-state index contributed by atoms with van der Waals surface area (Å²) in [6, 6.07) is 5.57. The topological polar surface area (TPSA) is 41.6 Å². The number of benzene rings is 1. The van der Waals surface area contributed by atoms with Gasteiger partial charge in [0.25, 0.3) is 0 Å². The summed E-state index contributed by atoms with van der Waals surface area (Å²) < 4.78 is 38.5. The molecule has 1 aromatic carbocycles. The molecule has 3 nitrogen and oxygen atoms in total. The summed E-state index contributed by atoms with van der Waals surface area (Å²) in [5.41, 5.74) is 5.78. The van der Waals surface area contributed by atoms with E-state index in [9.17, 15) is 13.2 Å². The fourth-order valence-corrected chi connectivity index (χ4v) is 2.59. The molecule has 2 rings (SSSR count). The average Bonchev–Trinajstić information content (AvgIpc) is 3.27. The maximum Gasteiger partial charge on any atom is 0.416 e. The van der Waals surface area contributed by atoms with Gasteiger partial charge in [-0.1, -0.05) is 18.2 Å². The number of aliphatic imine (C=N–C) groups is 1. The van der Waals surface area contributed by atoms with Crippen molar-refractivity contribution in [3.8, 4) is 0 Å². The first kappa shape index (κ1) is 16.6. The van der Waals surface area contributed by atoms with E-state index in [0.717, 1.165) is 32.0 Å². The van der Waals surface area contributed by atoms with Gasteiger partial charge < -0.3 is 10.6 Å². The molecule has 0 heterocycles. The second kappa shape index (κ2) is 6.18. The van der Waals surface area contributed by atoms with E-state index in [0.29, 0.717) is 18.1 Å². The Morgan fingerprint density at radius 3 is 2.41 bits per heavy atom. The number of halogens is 3. The van der Waals surface area contributed by atoms with Crippen LogP contribution in [-0.2, 0) is 11.6 Å². The SMILES string of the molecule is CCN(CC)C(N)=NCC1(c2cccc(C(F)(F)F)c2)CC1. The van der Waals surface area contributed by atoms with Crippen molar-refractivity contribution < 1.29 is 13.2 Å². The lowest BCUT2D eigenvalue weighted by atomic mass is 9.94. The molecule has 0 saturated heterocycles. The molecule has 122 valence electrons. The minimum absolute atomic E-state index is 0.279. The molecule has 0 amide bonds. The molecule has 0 aromatic heterocycles. The zero-order chi connectivity index (χ0) is 16.4. The van der Waals surface area contributed by atoms with Gasteiger partial charge >= 0.3 is 6.18 Å². The second-order valence-electron chi connectivity index (χ2n) is 5.71. The Bertz CT molecular complexity index is 544. The first-order valence-corrected chi connectivity index (χ1v) is 7.55. The molecule has 1 saturated carbocycles. The van der Waals surface area contributed by atoms with E-state index in [4.69, 9.17) is 5.73 Å². The molecule has 22 heavy (non-hydrogen) atoms. The van der Waals surface area contributed by atoms with Crippen molar-refractivity contribution in [1.82, 2.24) is 4.90 Å². The van der Waals surface area contributed by atoms with Crippen molar-refractivity contribution >= 4 is 5.96 Å². The summed E-state index contributed by atoms with van der Waals surface area (Å²) in [5.74, 6) is 0.461. The fourth-order valence-electron chi connectivity index (χ4n) is 2.59. The lowest BCUT2D eigenvalue weighted by Gasteiger charge is -2.21. The fraction of sp³-hybridized carbons (Fsp3) is 0.562. The molecule has 1 fully saturated rings. The van der Waals surface area contributed by atoms with Crippen molar-refractivity contribution in [2.75, 3.05) is 19.6 Å². The number of guanidine groups is 1. The Morgan fingerprint density at radius 1 is 1.27 bits per heavy atom. The number of rotatable bonds is 5. The number of hydrogen-bond donors (Lipinski definition) is 1. The highest BCUT2D eigenvalue weighted by molar-refractivity contribution is 5.78. The van der Waals surface area contributed by atoms with Crippen LogP contribution in [0, 0.1) is 0 Å². The summed E-state index contributed by atoms with van der Waals surface area (Å²) in [6.07, 6.45) is -2.61. The zero-order valence-electron chi connectivity index (χ0n) is 13.0. The number of hydrogen-bond acceptors (Lipinski definition) is 1. The Kier molecular flexibility index (Phi) is 4.68. The molecule has 0 atom stereocenters. The molecule has 1 aliphatic carbocycles. The minimum atomic E-state index is -4.31. The lowest BCUT2D eigenvalue weighted by molar-refractivity contribution is -0.137. The monoisotopic (exact) mass is 313 g/mol. The van der Waals surface area contributed by atoms with Crippen molar-refractivity contribution in [2.45, 2.75) is 38.3 Å². The van der Waals surface area contributed by atoms with Crippen LogP contribution < -0.4 is 5.73 Å². The molecule has 1 aliphatic rings. The van der Waals surface area contributed by atoms with Gasteiger partial charge in [-0.3, -0.25) is 4.99 Å². The van der Waals surface area contributed by atoms with Crippen molar-refractivity contribution in [2.24, 2.45) is 10.7 Å². The van der Waals surface area contributed by atoms with Gasteiger partial charge in [-0.2, -0.15) is 13.2 Å². The minimum Gasteiger partial charge on any atom is -0.370 e. The molecular weight excluding hydrogens is 291 g/mol. The van der Waals surface area contributed by atoms with E-state index >= 15 is 0 Å². The summed E-state index contributed by atoms with van der Waals surface area (Å²) >= 11 is 0. The first-order valence-electron chi connectivity index (χ1n) is 7.55. The second-order valence-corrected chi connectivity index (χ2v) is 5.71. The van der Waals surface area contributed by atoms with Crippen LogP contribution >= 0.6 is 0 Å². The Morgan fingerprint density at radius 2 is 1.91 bits per heavy atom. The van der Waals surface area contributed by atoms with E-state index < -0.39 is 11.7 Å².